The molecule has 122 valence electrons. The molecule has 1 aromatic heterocycles. The Bertz CT molecular complexity index is 670. The molecule has 2 aliphatic rings. The van der Waals surface area contributed by atoms with Gasteiger partial charge in [-0.2, -0.15) is 10.2 Å². The molecule has 0 saturated carbocycles. The van der Waals surface area contributed by atoms with Crippen LogP contribution in [0.3, 0.4) is 0 Å². The van der Waals surface area contributed by atoms with Crippen molar-refractivity contribution >= 4 is 5.91 Å². The van der Waals surface area contributed by atoms with E-state index in [1.165, 1.54) is 10.8 Å². The summed E-state index contributed by atoms with van der Waals surface area (Å²) < 4.78 is 27.1. The topological polar surface area (TPSA) is 62.9 Å². The van der Waals surface area contributed by atoms with Crippen LogP contribution in [-0.2, 0) is 17.9 Å². The Kier molecular flexibility index (Phi) is 4.11. The largest absolute Gasteiger partial charge is 0.335 e. The number of hydrogen-bond acceptors (Lipinski definition) is 4. The highest BCUT2D eigenvalue weighted by Crippen LogP contribution is 2.37. The van der Waals surface area contributed by atoms with Crippen molar-refractivity contribution < 1.29 is 13.6 Å². The van der Waals surface area contributed by atoms with Crippen molar-refractivity contribution in [3.05, 3.63) is 17.7 Å². The van der Waals surface area contributed by atoms with Crippen LogP contribution in [0, 0.1) is 12.3 Å². The first kappa shape index (κ1) is 15.6. The minimum atomic E-state index is -2.60. The van der Waals surface area contributed by atoms with Crippen molar-refractivity contribution in [2.45, 2.75) is 50.9 Å². The van der Waals surface area contributed by atoms with Crippen molar-refractivity contribution in [1.82, 2.24) is 14.5 Å². The van der Waals surface area contributed by atoms with Crippen molar-refractivity contribution in [3.8, 4) is 12.3 Å². The van der Waals surface area contributed by atoms with Crippen molar-refractivity contribution in [3.63, 3.8) is 0 Å². The first-order valence-electron chi connectivity index (χ1n) is 7.52. The summed E-state index contributed by atoms with van der Waals surface area (Å²) in [6.07, 6.45) is 6.18. The number of amides is 1. The van der Waals surface area contributed by atoms with E-state index in [9.17, 15) is 13.6 Å². The van der Waals surface area contributed by atoms with Gasteiger partial charge in [0.2, 0.25) is 5.91 Å². The van der Waals surface area contributed by atoms with E-state index in [4.69, 9.17) is 6.42 Å². The first-order valence-corrected chi connectivity index (χ1v) is 7.52. The van der Waals surface area contributed by atoms with E-state index < -0.39 is 12.1 Å². The molecule has 0 fully saturated rings. The number of carbonyl (C=O) groups is 1. The predicted octanol–water partition coefficient (Wildman–Crippen LogP) is 2.52. The van der Waals surface area contributed by atoms with Crippen molar-refractivity contribution in [2.24, 2.45) is 10.2 Å². The van der Waals surface area contributed by atoms with Crippen molar-refractivity contribution in [1.29, 1.82) is 0 Å². The van der Waals surface area contributed by atoms with E-state index in [0.717, 1.165) is 0 Å². The van der Waals surface area contributed by atoms with E-state index in [2.05, 4.69) is 21.1 Å². The van der Waals surface area contributed by atoms with E-state index in [-0.39, 0.29) is 11.7 Å². The lowest BCUT2D eigenvalue weighted by Crippen LogP contribution is -2.38. The van der Waals surface area contributed by atoms with Crippen LogP contribution in [0.1, 0.15) is 43.6 Å². The molecule has 1 aromatic rings. The number of terminal acetylenes is 1. The Labute approximate surface area is 132 Å². The Morgan fingerprint density at radius 2 is 2.17 bits per heavy atom. The number of hydrogen-bond donors (Lipinski definition) is 0. The number of halogens is 2. The van der Waals surface area contributed by atoms with Gasteiger partial charge in [0.15, 0.2) is 11.5 Å². The van der Waals surface area contributed by atoms with Gasteiger partial charge in [-0.3, -0.25) is 4.79 Å². The summed E-state index contributed by atoms with van der Waals surface area (Å²) in [4.78, 5) is 17.7. The molecule has 0 atom stereocenters. The summed E-state index contributed by atoms with van der Waals surface area (Å²) in [6, 6.07) is 0. The molecule has 23 heavy (non-hydrogen) atoms. The summed E-state index contributed by atoms with van der Waals surface area (Å²) >= 11 is 0. The van der Waals surface area contributed by atoms with E-state index in [1.54, 1.807) is 4.90 Å². The number of nitrogens with zero attached hydrogens (tertiary/aromatic N) is 5. The summed E-state index contributed by atoms with van der Waals surface area (Å²) in [6.45, 7) is 1.06. The van der Waals surface area contributed by atoms with Gasteiger partial charge in [0.25, 0.3) is 6.43 Å². The van der Waals surface area contributed by atoms with Gasteiger partial charge >= 0.3 is 0 Å². The minimum absolute atomic E-state index is 0.0200. The third-order valence-electron chi connectivity index (χ3n) is 4.26. The molecule has 0 spiro atoms. The van der Waals surface area contributed by atoms with Crippen LogP contribution < -0.4 is 0 Å². The molecule has 0 aromatic carbocycles. The van der Waals surface area contributed by atoms with Gasteiger partial charge in [0, 0.05) is 38.8 Å². The fourth-order valence-electron chi connectivity index (χ4n) is 2.83. The third-order valence-corrected chi connectivity index (χ3v) is 4.26. The van der Waals surface area contributed by atoms with Crippen LogP contribution in [-0.4, -0.2) is 32.6 Å². The fraction of sp³-hybridized carbons (Fsp3) is 0.600. The highest BCUT2D eigenvalue weighted by Gasteiger charge is 2.39. The van der Waals surface area contributed by atoms with Gasteiger partial charge in [0.05, 0.1) is 18.4 Å². The van der Waals surface area contributed by atoms with Gasteiger partial charge < -0.3 is 9.47 Å². The zero-order chi connectivity index (χ0) is 16.4. The number of carbonyl (C=O) groups excluding carboxylic acids is 1. The van der Waals surface area contributed by atoms with Crippen molar-refractivity contribution in [2.75, 3.05) is 6.54 Å². The number of fused-ring (bicyclic) bond motifs is 1. The maximum absolute atomic E-state index is 12.8. The number of rotatable bonds is 6. The lowest BCUT2D eigenvalue weighted by Gasteiger charge is -2.29. The Hall–Kier alpha value is -2.30. The first-order chi connectivity index (χ1) is 11.0. The lowest BCUT2D eigenvalue weighted by molar-refractivity contribution is -0.133. The summed E-state index contributed by atoms with van der Waals surface area (Å²) in [5.74, 6) is 2.30. The SMILES string of the molecule is C#CCCC1(CCC(=O)N2CCn3c(cnc3C(F)F)C2)N=N1. The number of aromatic nitrogens is 2. The lowest BCUT2D eigenvalue weighted by atomic mass is 10.0. The molecule has 8 heteroatoms. The number of alkyl halides is 2. The maximum Gasteiger partial charge on any atom is 0.295 e. The summed E-state index contributed by atoms with van der Waals surface area (Å²) in [5.41, 5.74) is 0.172. The second-order valence-electron chi connectivity index (χ2n) is 5.76. The second-order valence-corrected chi connectivity index (χ2v) is 5.76. The molecular formula is C15H17F2N5O. The molecule has 1 amide bonds. The van der Waals surface area contributed by atoms with E-state index >= 15 is 0 Å². The molecule has 0 unspecified atom stereocenters. The molecule has 6 nitrogen and oxygen atoms in total. The van der Waals surface area contributed by atoms with Crippen LogP contribution in [0.2, 0.25) is 0 Å². The molecule has 3 rings (SSSR count). The highest BCUT2D eigenvalue weighted by atomic mass is 19.3. The van der Waals surface area contributed by atoms with Gasteiger partial charge in [-0.25, -0.2) is 13.8 Å². The smallest absolute Gasteiger partial charge is 0.295 e. The average molecular weight is 321 g/mol. The minimum Gasteiger partial charge on any atom is -0.335 e. The molecule has 3 heterocycles. The van der Waals surface area contributed by atoms with Crippen LogP contribution in [0.5, 0.6) is 0 Å². The van der Waals surface area contributed by atoms with Gasteiger partial charge in [-0.15, -0.1) is 12.3 Å². The molecule has 0 N–H and O–H groups in total. The standard InChI is InChI=1S/C15H17F2N5O/c1-2-3-5-15(19-20-15)6-4-12(23)21-7-8-22-11(10-21)9-18-14(22)13(16)17/h1,9,13H,3-8,10H2. The zero-order valence-electron chi connectivity index (χ0n) is 12.6. The molecule has 0 saturated heterocycles. The fourth-order valence-corrected chi connectivity index (χ4v) is 2.83. The van der Waals surface area contributed by atoms with Gasteiger partial charge in [0.1, 0.15) is 0 Å². The summed E-state index contributed by atoms with van der Waals surface area (Å²) in [5, 5.41) is 8.02. The average Bonchev–Trinajstić information content (AvgIpc) is 3.19. The predicted molar refractivity (Wildman–Crippen MR) is 77.5 cm³/mol. The Morgan fingerprint density at radius 1 is 1.39 bits per heavy atom. The molecular weight excluding hydrogens is 304 g/mol. The zero-order valence-corrected chi connectivity index (χ0v) is 12.6. The monoisotopic (exact) mass is 321 g/mol. The second kappa shape index (κ2) is 6.07. The quantitative estimate of drug-likeness (QED) is 0.756. The third kappa shape index (κ3) is 3.23. The highest BCUT2D eigenvalue weighted by molar-refractivity contribution is 5.76. The van der Waals surface area contributed by atoms with Gasteiger partial charge in [-0.1, -0.05) is 0 Å². The van der Waals surface area contributed by atoms with E-state index in [0.29, 0.717) is 51.0 Å². The van der Waals surface area contributed by atoms with E-state index in [1.807, 2.05) is 0 Å². The van der Waals surface area contributed by atoms with Crippen LogP contribution in [0.15, 0.2) is 16.4 Å². The van der Waals surface area contributed by atoms with Crippen LogP contribution in [0.25, 0.3) is 0 Å². The van der Waals surface area contributed by atoms with Gasteiger partial charge in [-0.05, 0) is 0 Å². The van der Waals surface area contributed by atoms with Crippen LogP contribution in [0.4, 0.5) is 8.78 Å². The maximum atomic E-state index is 12.8. The molecule has 2 aliphatic heterocycles. The summed E-state index contributed by atoms with van der Waals surface area (Å²) in [7, 11) is 0. The van der Waals surface area contributed by atoms with Crippen LogP contribution >= 0.6 is 0 Å². The Balaban J connectivity index is 1.54. The Morgan fingerprint density at radius 3 is 2.83 bits per heavy atom. The molecule has 0 bridgehead atoms. The molecule has 0 aliphatic carbocycles. The normalized spacial score (nSPS) is 17.9. The molecule has 0 radical (unpaired) electrons. The number of imidazole rings is 1.